The van der Waals surface area contributed by atoms with Crippen molar-refractivity contribution in [3.05, 3.63) is 29.8 Å². The molecule has 21 heavy (non-hydrogen) atoms. The second-order valence-corrected chi connectivity index (χ2v) is 7.17. The summed E-state index contributed by atoms with van der Waals surface area (Å²) in [5.41, 5.74) is 1.05. The van der Waals surface area contributed by atoms with E-state index in [2.05, 4.69) is 19.2 Å². The van der Waals surface area contributed by atoms with Gasteiger partial charge in [-0.2, -0.15) is 0 Å². The summed E-state index contributed by atoms with van der Waals surface area (Å²) in [6.07, 6.45) is 2.50. The van der Waals surface area contributed by atoms with Crippen LogP contribution in [0.25, 0.3) is 0 Å². The SMILES string of the molecule is CCC1OCCC1CNC(C)c1ccc(S(N)(=O)=O)cc1. The van der Waals surface area contributed by atoms with E-state index in [9.17, 15) is 8.42 Å². The summed E-state index contributed by atoms with van der Waals surface area (Å²) in [7, 11) is -3.62. The van der Waals surface area contributed by atoms with Crippen LogP contribution in [0.1, 0.15) is 38.3 Å². The average Bonchev–Trinajstić information content (AvgIpc) is 2.91. The summed E-state index contributed by atoms with van der Waals surface area (Å²) >= 11 is 0. The van der Waals surface area contributed by atoms with Gasteiger partial charge in [-0.1, -0.05) is 19.1 Å². The van der Waals surface area contributed by atoms with E-state index in [0.717, 1.165) is 31.6 Å². The molecule has 0 radical (unpaired) electrons. The van der Waals surface area contributed by atoms with Gasteiger partial charge in [-0.15, -0.1) is 0 Å². The number of ether oxygens (including phenoxy) is 1. The number of nitrogens with two attached hydrogens (primary N) is 1. The summed E-state index contributed by atoms with van der Waals surface area (Å²) in [6, 6.07) is 6.88. The van der Waals surface area contributed by atoms with E-state index in [1.807, 2.05) is 0 Å². The van der Waals surface area contributed by atoms with Crippen molar-refractivity contribution >= 4 is 10.0 Å². The van der Waals surface area contributed by atoms with Crippen molar-refractivity contribution in [3.63, 3.8) is 0 Å². The molecule has 1 aliphatic rings. The maximum absolute atomic E-state index is 11.2. The molecule has 6 heteroatoms. The molecule has 1 heterocycles. The van der Waals surface area contributed by atoms with Crippen LogP contribution >= 0.6 is 0 Å². The molecule has 0 bridgehead atoms. The number of primary sulfonamides is 1. The lowest BCUT2D eigenvalue weighted by Gasteiger charge is -2.21. The minimum Gasteiger partial charge on any atom is -0.378 e. The van der Waals surface area contributed by atoms with Crippen LogP contribution in [-0.2, 0) is 14.8 Å². The molecule has 1 fully saturated rings. The summed E-state index contributed by atoms with van der Waals surface area (Å²) in [4.78, 5) is 0.147. The van der Waals surface area contributed by atoms with E-state index in [0.29, 0.717) is 12.0 Å². The first-order valence-electron chi connectivity index (χ1n) is 7.39. The Morgan fingerprint density at radius 3 is 2.62 bits per heavy atom. The molecule has 1 saturated heterocycles. The predicted molar refractivity (Wildman–Crippen MR) is 82.4 cm³/mol. The van der Waals surface area contributed by atoms with Gasteiger partial charge in [0.15, 0.2) is 0 Å². The molecule has 0 aliphatic carbocycles. The van der Waals surface area contributed by atoms with E-state index in [4.69, 9.17) is 9.88 Å². The number of nitrogens with one attached hydrogen (secondary N) is 1. The van der Waals surface area contributed by atoms with Crippen molar-refractivity contribution in [3.8, 4) is 0 Å². The zero-order valence-corrected chi connectivity index (χ0v) is 13.4. The zero-order chi connectivity index (χ0) is 15.5. The van der Waals surface area contributed by atoms with Crippen molar-refractivity contribution in [1.82, 2.24) is 5.32 Å². The molecule has 1 aromatic carbocycles. The third-order valence-corrected chi connectivity index (χ3v) is 5.07. The first-order chi connectivity index (χ1) is 9.91. The fourth-order valence-electron chi connectivity index (χ4n) is 2.77. The van der Waals surface area contributed by atoms with Crippen LogP contribution in [0.3, 0.4) is 0 Å². The molecule has 3 atom stereocenters. The highest BCUT2D eigenvalue weighted by Gasteiger charge is 2.26. The van der Waals surface area contributed by atoms with Gasteiger partial charge in [-0.25, -0.2) is 13.6 Å². The van der Waals surface area contributed by atoms with Crippen LogP contribution in [0.15, 0.2) is 29.2 Å². The topological polar surface area (TPSA) is 81.4 Å². The largest absolute Gasteiger partial charge is 0.378 e. The third kappa shape index (κ3) is 4.26. The predicted octanol–water partition coefficient (Wildman–Crippen LogP) is 1.80. The number of hydrogen-bond donors (Lipinski definition) is 2. The Hall–Kier alpha value is -0.950. The zero-order valence-electron chi connectivity index (χ0n) is 12.6. The van der Waals surface area contributed by atoms with Crippen LogP contribution in [0.4, 0.5) is 0 Å². The lowest BCUT2D eigenvalue weighted by atomic mass is 9.98. The van der Waals surface area contributed by atoms with Crippen molar-refractivity contribution in [2.75, 3.05) is 13.2 Å². The van der Waals surface area contributed by atoms with Gasteiger partial charge in [0.05, 0.1) is 11.0 Å². The maximum Gasteiger partial charge on any atom is 0.238 e. The van der Waals surface area contributed by atoms with Gasteiger partial charge in [0.1, 0.15) is 0 Å². The summed E-state index contributed by atoms with van der Waals surface area (Å²) in [6.45, 7) is 5.99. The lowest BCUT2D eigenvalue weighted by molar-refractivity contribution is 0.0867. The highest BCUT2D eigenvalue weighted by Crippen LogP contribution is 2.24. The molecular weight excluding hydrogens is 288 g/mol. The molecule has 0 amide bonds. The minimum absolute atomic E-state index is 0.147. The van der Waals surface area contributed by atoms with Crippen molar-refractivity contribution < 1.29 is 13.2 Å². The highest BCUT2D eigenvalue weighted by molar-refractivity contribution is 7.89. The van der Waals surface area contributed by atoms with E-state index in [1.165, 1.54) is 0 Å². The second-order valence-electron chi connectivity index (χ2n) is 5.61. The molecule has 0 saturated carbocycles. The van der Waals surface area contributed by atoms with E-state index < -0.39 is 10.0 Å². The third-order valence-electron chi connectivity index (χ3n) is 4.14. The molecule has 2 rings (SSSR count). The first kappa shape index (κ1) is 16.4. The van der Waals surface area contributed by atoms with E-state index >= 15 is 0 Å². The number of sulfonamides is 1. The first-order valence-corrected chi connectivity index (χ1v) is 8.94. The highest BCUT2D eigenvalue weighted by atomic mass is 32.2. The van der Waals surface area contributed by atoms with Gasteiger partial charge < -0.3 is 10.1 Å². The Morgan fingerprint density at radius 1 is 1.38 bits per heavy atom. The van der Waals surface area contributed by atoms with Crippen LogP contribution in [-0.4, -0.2) is 27.7 Å². The minimum atomic E-state index is -3.62. The monoisotopic (exact) mass is 312 g/mol. The van der Waals surface area contributed by atoms with Gasteiger partial charge in [0.2, 0.25) is 10.0 Å². The Labute approximate surface area is 126 Å². The quantitative estimate of drug-likeness (QED) is 0.839. The van der Waals surface area contributed by atoms with Gasteiger partial charge in [0, 0.05) is 19.2 Å². The molecule has 3 N–H and O–H groups in total. The molecule has 1 aliphatic heterocycles. The fraction of sp³-hybridized carbons (Fsp3) is 0.600. The smallest absolute Gasteiger partial charge is 0.238 e. The molecular formula is C15H24N2O3S. The number of hydrogen-bond acceptors (Lipinski definition) is 4. The summed E-state index contributed by atoms with van der Waals surface area (Å²) in [5, 5.41) is 8.60. The molecule has 118 valence electrons. The summed E-state index contributed by atoms with van der Waals surface area (Å²) < 4.78 is 28.1. The fourth-order valence-corrected chi connectivity index (χ4v) is 3.29. The van der Waals surface area contributed by atoms with Crippen molar-refractivity contribution in [2.24, 2.45) is 11.1 Å². The normalized spacial score (nSPS) is 24.1. The molecule has 1 aromatic rings. The van der Waals surface area contributed by atoms with E-state index in [1.54, 1.807) is 24.3 Å². The Balaban J connectivity index is 1.93. The maximum atomic E-state index is 11.2. The van der Waals surface area contributed by atoms with Crippen molar-refractivity contribution in [1.29, 1.82) is 0 Å². The molecule has 5 nitrogen and oxygen atoms in total. The lowest BCUT2D eigenvalue weighted by Crippen LogP contribution is -2.30. The molecule has 0 spiro atoms. The van der Waals surface area contributed by atoms with Crippen LogP contribution < -0.4 is 10.5 Å². The van der Waals surface area contributed by atoms with Crippen LogP contribution in [0, 0.1) is 5.92 Å². The van der Waals surface area contributed by atoms with Crippen LogP contribution in [0.2, 0.25) is 0 Å². The van der Waals surface area contributed by atoms with Crippen LogP contribution in [0.5, 0.6) is 0 Å². The Morgan fingerprint density at radius 2 is 2.05 bits per heavy atom. The average molecular weight is 312 g/mol. The summed E-state index contributed by atoms with van der Waals surface area (Å²) in [5.74, 6) is 0.557. The van der Waals surface area contributed by atoms with Gasteiger partial charge >= 0.3 is 0 Å². The Kier molecular flexibility index (Phi) is 5.37. The number of rotatable bonds is 6. The standard InChI is InChI=1S/C15H24N2O3S/c1-3-15-13(8-9-20-15)10-17-11(2)12-4-6-14(7-5-12)21(16,18)19/h4-7,11,13,15,17H,3,8-10H2,1-2H3,(H2,16,18,19). The molecule has 3 unspecified atom stereocenters. The Bertz CT molecular complexity index is 557. The van der Waals surface area contributed by atoms with Gasteiger partial charge in [0.25, 0.3) is 0 Å². The van der Waals surface area contributed by atoms with Gasteiger partial charge in [-0.3, -0.25) is 0 Å². The van der Waals surface area contributed by atoms with Crippen molar-refractivity contribution in [2.45, 2.75) is 43.7 Å². The molecule has 0 aromatic heterocycles. The van der Waals surface area contributed by atoms with Gasteiger partial charge in [-0.05, 0) is 43.4 Å². The second kappa shape index (κ2) is 6.87. The number of benzene rings is 1. The van der Waals surface area contributed by atoms with E-state index in [-0.39, 0.29) is 10.9 Å².